The van der Waals surface area contributed by atoms with Crippen LogP contribution < -0.4 is 15.0 Å². The Morgan fingerprint density at radius 3 is 2.12 bits per heavy atom. The van der Waals surface area contributed by atoms with Crippen LogP contribution in [-0.2, 0) is 16.4 Å². The Labute approximate surface area is 148 Å². The van der Waals surface area contributed by atoms with Crippen molar-refractivity contribution in [1.82, 2.24) is 10.3 Å². The number of alkyl halides is 3. The van der Waals surface area contributed by atoms with E-state index in [-0.39, 0.29) is 10.5 Å². The molecule has 2 rings (SSSR count). The molecule has 0 fully saturated rings. The Balaban J connectivity index is 2.02. The second-order valence-electron chi connectivity index (χ2n) is 5.13. The second kappa shape index (κ2) is 7.75. The van der Waals surface area contributed by atoms with Crippen LogP contribution in [0.3, 0.4) is 0 Å². The van der Waals surface area contributed by atoms with Crippen LogP contribution in [0.2, 0.25) is 0 Å². The summed E-state index contributed by atoms with van der Waals surface area (Å²) in [4.78, 5) is 13.5. The predicted molar refractivity (Wildman–Crippen MR) is 86.7 cm³/mol. The molecule has 2 N–H and O–H groups in total. The number of ether oxygens (including phenoxy) is 1. The molecule has 0 bridgehead atoms. The lowest BCUT2D eigenvalue weighted by atomic mass is 10.1. The van der Waals surface area contributed by atoms with Gasteiger partial charge in [0.25, 0.3) is 15.9 Å². The molecule has 0 aromatic heterocycles. The minimum absolute atomic E-state index is 0.249. The fraction of sp³-hybridized carbons (Fsp3) is 0.188. The third kappa shape index (κ3) is 5.46. The molecule has 0 saturated heterocycles. The molecule has 0 unspecified atom stereocenters. The van der Waals surface area contributed by atoms with Gasteiger partial charge in [-0.05, 0) is 48.4 Å². The monoisotopic (exact) mass is 388 g/mol. The van der Waals surface area contributed by atoms with Gasteiger partial charge in [-0.1, -0.05) is 19.1 Å². The van der Waals surface area contributed by atoms with Crippen molar-refractivity contribution in [3.63, 3.8) is 0 Å². The number of amides is 1. The van der Waals surface area contributed by atoms with Crippen molar-refractivity contribution in [1.29, 1.82) is 0 Å². The van der Waals surface area contributed by atoms with E-state index in [4.69, 9.17) is 0 Å². The zero-order valence-electron chi connectivity index (χ0n) is 13.5. The largest absolute Gasteiger partial charge is 0.573 e. The van der Waals surface area contributed by atoms with E-state index in [9.17, 15) is 26.4 Å². The average Bonchev–Trinajstić information content (AvgIpc) is 2.59. The molecule has 0 atom stereocenters. The molecule has 2 aromatic rings. The highest BCUT2D eigenvalue weighted by Gasteiger charge is 2.31. The third-order valence-corrected chi connectivity index (χ3v) is 4.55. The third-order valence-electron chi connectivity index (χ3n) is 3.29. The van der Waals surface area contributed by atoms with Gasteiger partial charge in [0, 0.05) is 5.56 Å². The number of nitrogens with one attached hydrogen (secondary N) is 2. The molecule has 10 heteroatoms. The van der Waals surface area contributed by atoms with E-state index in [0.717, 1.165) is 36.2 Å². The van der Waals surface area contributed by atoms with Crippen molar-refractivity contribution in [2.24, 2.45) is 0 Å². The first-order valence-corrected chi connectivity index (χ1v) is 8.86. The summed E-state index contributed by atoms with van der Waals surface area (Å²) < 4.78 is 64.1. The number of carbonyl (C=O) groups excluding carboxylic acids is 1. The summed E-state index contributed by atoms with van der Waals surface area (Å²) in [7, 11) is -4.16. The van der Waals surface area contributed by atoms with Crippen LogP contribution in [0.15, 0.2) is 53.4 Å². The fourth-order valence-electron chi connectivity index (χ4n) is 1.96. The van der Waals surface area contributed by atoms with Crippen LogP contribution in [0, 0.1) is 0 Å². The number of halogens is 3. The van der Waals surface area contributed by atoms with Crippen LogP contribution in [0.4, 0.5) is 13.2 Å². The molecule has 2 aromatic carbocycles. The summed E-state index contributed by atoms with van der Waals surface area (Å²) in [6.07, 6.45) is -4.08. The minimum Gasteiger partial charge on any atom is -0.406 e. The molecule has 0 aliphatic carbocycles. The standard InChI is InChI=1S/C16H15F3N2O4S/c1-2-11-3-5-12(6-4-11)15(22)20-21-26(23,24)14-9-7-13(8-10-14)25-16(17,18)19/h3-10,21H,2H2,1H3,(H,20,22). The van der Waals surface area contributed by atoms with Crippen molar-refractivity contribution in [3.05, 3.63) is 59.7 Å². The van der Waals surface area contributed by atoms with E-state index in [2.05, 4.69) is 4.74 Å². The smallest absolute Gasteiger partial charge is 0.406 e. The first-order chi connectivity index (χ1) is 12.1. The van der Waals surface area contributed by atoms with Crippen LogP contribution in [0.5, 0.6) is 5.75 Å². The molecule has 140 valence electrons. The first kappa shape index (κ1) is 19.7. The van der Waals surface area contributed by atoms with Crippen molar-refractivity contribution >= 4 is 15.9 Å². The van der Waals surface area contributed by atoms with Gasteiger partial charge in [0.05, 0.1) is 4.90 Å². The summed E-state index contributed by atoms with van der Waals surface area (Å²) in [5.74, 6) is -1.23. The first-order valence-electron chi connectivity index (χ1n) is 7.37. The molecule has 0 saturated carbocycles. The molecule has 0 heterocycles. The van der Waals surface area contributed by atoms with Gasteiger partial charge in [0.1, 0.15) is 5.75 Å². The quantitative estimate of drug-likeness (QED) is 0.746. The van der Waals surface area contributed by atoms with Gasteiger partial charge in [0.15, 0.2) is 0 Å². The summed E-state index contributed by atoms with van der Waals surface area (Å²) in [5, 5.41) is 0. The Morgan fingerprint density at radius 1 is 1.04 bits per heavy atom. The maximum Gasteiger partial charge on any atom is 0.573 e. The van der Waals surface area contributed by atoms with Crippen molar-refractivity contribution in [3.8, 4) is 5.75 Å². The van der Waals surface area contributed by atoms with Crippen LogP contribution in [0.1, 0.15) is 22.8 Å². The maximum atomic E-state index is 12.1. The number of aryl methyl sites for hydroxylation is 1. The van der Waals surface area contributed by atoms with Crippen LogP contribution >= 0.6 is 0 Å². The number of hydrazine groups is 1. The molecule has 6 nitrogen and oxygen atoms in total. The maximum absolute atomic E-state index is 12.1. The highest BCUT2D eigenvalue weighted by molar-refractivity contribution is 7.89. The summed E-state index contributed by atoms with van der Waals surface area (Å²) in [6.45, 7) is 1.95. The van der Waals surface area contributed by atoms with Gasteiger partial charge in [-0.15, -0.1) is 18.0 Å². The number of rotatable bonds is 6. The Hall–Kier alpha value is -2.59. The molecule has 0 aliphatic rings. The van der Waals surface area contributed by atoms with E-state index in [1.807, 2.05) is 17.2 Å². The molecule has 0 radical (unpaired) electrons. The lowest BCUT2D eigenvalue weighted by Crippen LogP contribution is -2.41. The van der Waals surface area contributed by atoms with Crippen LogP contribution in [-0.4, -0.2) is 20.7 Å². The summed E-state index contributed by atoms with van der Waals surface area (Å²) in [6, 6.07) is 10.1. The Morgan fingerprint density at radius 2 is 1.62 bits per heavy atom. The zero-order valence-corrected chi connectivity index (χ0v) is 14.3. The number of carbonyl (C=O) groups is 1. The zero-order chi connectivity index (χ0) is 19.4. The number of benzene rings is 2. The van der Waals surface area contributed by atoms with E-state index in [1.54, 1.807) is 24.3 Å². The highest BCUT2D eigenvalue weighted by atomic mass is 32.2. The Kier molecular flexibility index (Phi) is 5.88. The average molecular weight is 388 g/mol. The topological polar surface area (TPSA) is 84.5 Å². The lowest BCUT2D eigenvalue weighted by molar-refractivity contribution is -0.274. The lowest BCUT2D eigenvalue weighted by Gasteiger charge is -2.11. The van der Waals surface area contributed by atoms with Gasteiger partial charge in [-0.2, -0.15) is 0 Å². The van der Waals surface area contributed by atoms with E-state index >= 15 is 0 Å². The number of hydrogen-bond acceptors (Lipinski definition) is 4. The molecule has 26 heavy (non-hydrogen) atoms. The minimum atomic E-state index is -4.88. The molecular weight excluding hydrogens is 373 g/mol. The predicted octanol–water partition coefficient (Wildman–Crippen LogP) is 2.77. The van der Waals surface area contributed by atoms with Crippen molar-refractivity contribution in [2.75, 3.05) is 0 Å². The van der Waals surface area contributed by atoms with E-state index in [0.29, 0.717) is 0 Å². The van der Waals surface area contributed by atoms with Gasteiger partial charge < -0.3 is 4.74 Å². The van der Waals surface area contributed by atoms with Gasteiger partial charge in [-0.3, -0.25) is 10.2 Å². The van der Waals surface area contributed by atoms with Gasteiger partial charge >= 0.3 is 6.36 Å². The molecule has 1 amide bonds. The second-order valence-corrected chi connectivity index (χ2v) is 6.81. The molecule has 0 spiro atoms. The summed E-state index contributed by atoms with van der Waals surface area (Å²) in [5.41, 5.74) is 3.31. The van der Waals surface area contributed by atoms with Crippen LogP contribution in [0.25, 0.3) is 0 Å². The normalized spacial score (nSPS) is 11.8. The SMILES string of the molecule is CCc1ccc(C(=O)NNS(=O)(=O)c2ccc(OC(F)(F)F)cc2)cc1. The Bertz CT molecular complexity index is 864. The molecule has 0 aliphatic heterocycles. The summed E-state index contributed by atoms with van der Waals surface area (Å²) >= 11 is 0. The van der Waals surface area contributed by atoms with E-state index in [1.165, 1.54) is 0 Å². The molecular formula is C16H15F3N2O4S. The van der Waals surface area contributed by atoms with Crippen molar-refractivity contribution in [2.45, 2.75) is 24.6 Å². The van der Waals surface area contributed by atoms with Crippen molar-refractivity contribution < 1.29 is 31.1 Å². The van der Waals surface area contributed by atoms with E-state index < -0.39 is 28.0 Å². The number of sulfonamides is 1. The fourth-order valence-corrected chi connectivity index (χ4v) is 2.80. The number of hydrogen-bond donors (Lipinski definition) is 2. The van der Waals surface area contributed by atoms with Gasteiger partial charge in [-0.25, -0.2) is 8.42 Å². The highest BCUT2D eigenvalue weighted by Crippen LogP contribution is 2.23. The van der Waals surface area contributed by atoms with Gasteiger partial charge in [0.2, 0.25) is 0 Å².